The molecule has 0 aliphatic carbocycles. The van der Waals surface area contributed by atoms with Crippen molar-refractivity contribution in [2.24, 2.45) is 0 Å². The van der Waals surface area contributed by atoms with E-state index in [-0.39, 0.29) is 12.4 Å². The molecule has 0 spiro atoms. The van der Waals surface area contributed by atoms with E-state index in [0.717, 1.165) is 11.1 Å². The minimum absolute atomic E-state index is 0.00748. The molecule has 2 atom stereocenters. The summed E-state index contributed by atoms with van der Waals surface area (Å²) in [5, 5.41) is 0. The second kappa shape index (κ2) is 5.55. The second-order valence-corrected chi connectivity index (χ2v) is 7.10. The fourth-order valence-electron chi connectivity index (χ4n) is 4.15. The van der Waals surface area contributed by atoms with Gasteiger partial charge in [-0.1, -0.05) is 6.58 Å². The minimum atomic E-state index is -0.450. The number of allylic oxidation sites excluding steroid dienone is 1. The van der Waals surface area contributed by atoms with Crippen molar-refractivity contribution in [1.82, 2.24) is 0 Å². The van der Waals surface area contributed by atoms with Gasteiger partial charge in [0.05, 0.1) is 17.0 Å². The summed E-state index contributed by atoms with van der Waals surface area (Å²) >= 11 is 0. The van der Waals surface area contributed by atoms with Crippen molar-refractivity contribution in [3.8, 4) is 28.7 Å². The van der Waals surface area contributed by atoms with Crippen LogP contribution in [0.4, 0.5) is 0 Å². The number of ether oxygens (including phenoxy) is 5. The van der Waals surface area contributed by atoms with Gasteiger partial charge in [-0.05, 0) is 30.4 Å². The number of carbonyl (C=O) groups excluding carboxylic acids is 1. The predicted octanol–water partition coefficient (Wildman–Crippen LogP) is 3.50. The van der Waals surface area contributed by atoms with Crippen LogP contribution in [-0.4, -0.2) is 31.7 Å². The lowest BCUT2D eigenvalue weighted by molar-refractivity contribution is 0.0553. The van der Waals surface area contributed by atoms with Crippen molar-refractivity contribution >= 4 is 11.9 Å². The van der Waals surface area contributed by atoms with E-state index in [4.69, 9.17) is 23.7 Å². The van der Waals surface area contributed by atoms with Gasteiger partial charge < -0.3 is 23.7 Å². The molecule has 6 heteroatoms. The summed E-state index contributed by atoms with van der Waals surface area (Å²) in [6, 6.07) is 7.19. The predicted molar refractivity (Wildman–Crippen MR) is 99.7 cm³/mol. The molecule has 0 radical (unpaired) electrons. The molecule has 0 N–H and O–H groups in total. The number of carbonyl (C=O) groups is 1. The normalized spacial score (nSPS) is 23.3. The summed E-state index contributed by atoms with van der Waals surface area (Å²) in [7, 11) is 0. The third-order valence-corrected chi connectivity index (χ3v) is 5.43. The molecule has 0 fully saturated rings. The molecule has 2 unspecified atom stereocenters. The second-order valence-electron chi connectivity index (χ2n) is 7.10. The first-order valence-electron chi connectivity index (χ1n) is 9.18. The van der Waals surface area contributed by atoms with E-state index >= 15 is 0 Å². The Balaban J connectivity index is 1.47. The summed E-state index contributed by atoms with van der Waals surface area (Å²) < 4.78 is 29.1. The van der Waals surface area contributed by atoms with Crippen LogP contribution in [0.3, 0.4) is 0 Å². The fourth-order valence-corrected chi connectivity index (χ4v) is 4.15. The molecule has 0 amide bonds. The Kier molecular flexibility index (Phi) is 3.10. The van der Waals surface area contributed by atoms with Crippen molar-refractivity contribution in [3.05, 3.63) is 59.4 Å². The fraction of sp³-hybridized carbons (Fsp3) is 0.227. The molecule has 0 aromatic heterocycles. The lowest BCUT2D eigenvalue weighted by Crippen LogP contribution is -2.43. The van der Waals surface area contributed by atoms with E-state index < -0.39 is 12.0 Å². The molecule has 2 aromatic carbocycles. The van der Waals surface area contributed by atoms with E-state index in [1.165, 1.54) is 0 Å². The average molecular weight is 376 g/mol. The molecule has 4 aliphatic rings. The van der Waals surface area contributed by atoms with Gasteiger partial charge in [-0.2, -0.15) is 0 Å². The molecule has 4 aliphatic heterocycles. The van der Waals surface area contributed by atoms with Gasteiger partial charge in [0, 0.05) is 11.6 Å². The van der Waals surface area contributed by atoms with Crippen molar-refractivity contribution in [2.45, 2.75) is 12.0 Å². The number of Topliss-reactive ketones (excluding diaryl/α,β-unsaturated/α-hetero) is 1. The number of ketones is 1. The number of hydrogen-bond acceptors (Lipinski definition) is 6. The highest BCUT2D eigenvalue weighted by molar-refractivity contribution is 6.06. The Morgan fingerprint density at radius 2 is 1.75 bits per heavy atom. The Labute approximate surface area is 160 Å². The zero-order valence-electron chi connectivity index (χ0n) is 14.9. The standard InChI is InChI=1S/C22H16O6/c1-11-2-3-12-15(27-11)5-4-13-21(23)20-14-8-17-18(25-7-6-24-17)9-16(14)26-10-19(20)28-22(12)13/h2-5,8-9,19-20H,1,6-7,10H2. The first-order valence-corrected chi connectivity index (χ1v) is 9.18. The summed E-state index contributed by atoms with van der Waals surface area (Å²) in [5.41, 5.74) is 2.07. The molecule has 0 saturated heterocycles. The van der Waals surface area contributed by atoms with E-state index in [9.17, 15) is 4.79 Å². The zero-order chi connectivity index (χ0) is 18.8. The molecule has 4 heterocycles. The first kappa shape index (κ1) is 15.6. The van der Waals surface area contributed by atoms with Gasteiger partial charge in [0.1, 0.15) is 48.9 Å². The Morgan fingerprint density at radius 3 is 2.61 bits per heavy atom. The third-order valence-electron chi connectivity index (χ3n) is 5.43. The molecular formula is C22H16O6. The van der Waals surface area contributed by atoms with Crippen LogP contribution in [0, 0.1) is 0 Å². The zero-order valence-corrected chi connectivity index (χ0v) is 14.9. The molecule has 6 nitrogen and oxygen atoms in total. The maximum absolute atomic E-state index is 13.4. The molecular weight excluding hydrogens is 360 g/mol. The van der Waals surface area contributed by atoms with Crippen LogP contribution in [0.25, 0.3) is 6.08 Å². The van der Waals surface area contributed by atoms with Gasteiger partial charge >= 0.3 is 0 Å². The quantitative estimate of drug-likeness (QED) is 0.701. The van der Waals surface area contributed by atoms with Gasteiger partial charge in [0.2, 0.25) is 0 Å². The maximum Gasteiger partial charge on any atom is 0.178 e. The lowest BCUT2D eigenvalue weighted by atomic mass is 9.81. The Bertz CT molecular complexity index is 1080. The highest BCUT2D eigenvalue weighted by Gasteiger charge is 2.44. The Hall–Kier alpha value is -3.41. The van der Waals surface area contributed by atoms with E-state index in [2.05, 4.69) is 6.58 Å². The minimum Gasteiger partial charge on any atom is -0.489 e. The van der Waals surface area contributed by atoms with E-state index in [0.29, 0.717) is 53.3 Å². The van der Waals surface area contributed by atoms with Gasteiger partial charge in [0.25, 0.3) is 0 Å². The maximum atomic E-state index is 13.4. The van der Waals surface area contributed by atoms with Crippen molar-refractivity contribution in [1.29, 1.82) is 0 Å². The van der Waals surface area contributed by atoms with Crippen LogP contribution in [0.2, 0.25) is 0 Å². The average Bonchev–Trinajstić information content (AvgIpc) is 2.71. The lowest BCUT2D eigenvalue weighted by Gasteiger charge is -2.38. The Morgan fingerprint density at radius 1 is 0.929 bits per heavy atom. The largest absolute Gasteiger partial charge is 0.489 e. The molecule has 0 saturated carbocycles. The molecule has 2 aromatic rings. The van der Waals surface area contributed by atoms with Crippen LogP contribution >= 0.6 is 0 Å². The SMILES string of the molecule is C=C1C=Cc2c(ccc3c2OC2COc4cc5c(cc4C2C3=O)OCCO5)O1. The van der Waals surface area contributed by atoms with Gasteiger partial charge in [-0.25, -0.2) is 0 Å². The highest BCUT2D eigenvalue weighted by atomic mass is 16.6. The van der Waals surface area contributed by atoms with Crippen LogP contribution in [0.15, 0.2) is 42.7 Å². The summed E-state index contributed by atoms with van der Waals surface area (Å²) in [5.74, 6) is 3.20. The summed E-state index contributed by atoms with van der Waals surface area (Å²) in [6.45, 7) is 5.07. The number of rotatable bonds is 0. The molecule has 6 rings (SSSR count). The highest BCUT2D eigenvalue weighted by Crippen LogP contribution is 2.49. The van der Waals surface area contributed by atoms with Gasteiger partial charge in [-0.3, -0.25) is 4.79 Å². The topological polar surface area (TPSA) is 63.2 Å². The third kappa shape index (κ3) is 2.11. The van der Waals surface area contributed by atoms with Crippen LogP contribution in [0.5, 0.6) is 28.7 Å². The smallest absolute Gasteiger partial charge is 0.178 e. The number of hydrogen-bond donors (Lipinski definition) is 0. The van der Waals surface area contributed by atoms with E-state index in [1.807, 2.05) is 12.1 Å². The van der Waals surface area contributed by atoms with Gasteiger partial charge in [-0.15, -0.1) is 0 Å². The van der Waals surface area contributed by atoms with Crippen molar-refractivity contribution < 1.29 is 28.5 Å². The van der Waals surface area contributed by atoms with Crippen LogP contribution < -0.4 is 23.7 Å². The first-order chi connectivity index (χ1) is 13.7. The monoisotopic (exact) mass is 376 g/mol. The molecule has 28 heavy (non-hydrogen) atoms. The van der Waals surface area contributed by atoms with Gasteiger partial charge in [0.15, 0.2) is 17.3 Å². The van der Waals surface area contributed by atoms with Crippen LogP contribution in [-0.2, 0) is 0 Å². The van der Waals surface area contributed by atoms with Crippen molar-refractivity contribution in [2.75, 3.05) is 19.8 Å². The number of fused-ring (bicyclic) bond motifs is 7. The molecule has 140 valence electrons. The number of benzene rings is 2. The summed E-state index contributed by atoms with van der Waals surface area (Å²) in [6.07, 6.45) is 3.21. The van der Waals surface area contributed by atoms with Crippen LogP contribution in [0.1, 0.15) is 27.4 Å². The molecule has 0 bridgehead atoms. The summed E-state index contributed by atoms with van der Waals surface area (Å²) in [4.78, 5) is 13.4. The van der Waals surface area contributed by atoms with E-state index in [1.54, 1.807) is 24.3 Å². The van der Waals surface area contributed by atoms with Crippen molar-refractivity contribution in [3.63, 3.8) is 0 Å².